The highest BCUT2D eigenvalue weighted by Gasteiger charge is 2.37. The Bertz CT molecular complexity index is 1650. The molecule has 0 unspecified atom stereocenters. The van der Waals surface area contributed by atoms with Crippen LogP contribution in [0.3, 0.4) is 0 Å². The van der Waals surface area contributed by atoms with Gasteiger partial charge in [-0.3, -0.25) is 14.2 Å². The number of nitrogens with zero attached hydrogens (tertiary/aromatic N) is 3. The summed E-state index contributed by atoms with van der Waals surface area (Å²) in [5.74, 6) is -0.434. The molecule has 0 amide bonds. The Morgan fingerprint density at radius 1 is 0.800 bits per heavy atom. The van der Waals surface area contributed by atoms with Gasteiger partial charge in [0.25, 0.3) is 0 Å². The van der Waals surface area contributed by atoms with Crippen molar-refractivity contribution in [2.75, 3.05) is 0 Å². The van der Waals surface area contributed by atoms with Gasteiger partial charge in [0.2, 0.25) is 0 Å². The summed E-state index contributed by atoms with van der Waals surface area (Å²) in [7, 11) is 1.95. The van der Waals surface area contributed by atoms with Gasteiger partial charge in [0.15, 0.2) is 17.2 Å². The summed E-state index contributed by atoms with van der Waals surface area (Å²) in [6.45, 7) is 0. The van der Waals surface area contributed by atoms with Crippen LogP contribution in [0, 0.1) is 0 Å². The summed E-state index contributed by atoms with van der Waals surface area (Å²) in [6.07, 6.45) is 1.53. The number of ketones is 2. The highest BCUT2D eigenvalue weighted by atomic mass is 35.5. The smallest absolute Gasteiger partial charge is 0.199 e. The quantitative estimate of drug-likeness (QED) is 0.203. The van der Waals surface area contributed by atoms with Gasteiger partial charge in [-0.1, -0.05) is 71.7 Å². The van der Waals surface area contributed by atoms with Crippen LogP contribution in [-0.4, -0.2) is 25.7 Å². The number of hydrogen-bond acceptors (Lipinski definition) is 3. The van der Waals surface area contributed by atoms with Crippen LogP contribution >= 0.6 is 23.2 Å². The number of imidazole rings is 1. The van der Waals surface area contributed by atoms with E-state index in [9.17, 15) is 9.59 Å². The highest BCUT2D eigenvalue weighted by molar-refractivity contribution is 6.49. The molecule has 0 saturated heterocycles. The summed E-state index contributed by atoms with van der Waals surface area (Å²) in [5, 5.41) is 0.408. The second-order valence-electron chi connectivity index (χ2n) is 8.30. The molecule has 0 atom stereocenters. The van der Waals surface area contributed by atoms with Gasteiger partial charge in [-0.25, -0.2) is 4.98 Å². The minimum Gasteiger partial charge on any atom is -0.327 e. The van der Waals surface area contributed by atoms with Crippen LogP contribution in [0.5, 0.6) is 0 Å². The standard InChI is InChI=1S/C28H17Cl2N3O2/c1-32-21(16-8-4-2-5-9-16)15-22-28(32)31-23(33(22)17-10-6-3-7-11-17)14-18-26(34)24-19(29)12-13-20(30)25(24)27(18)35/h2-15H,1H3. The Labute approximate surface area is 210 Å². The van der Waals surface area contributed by atoms with E-state index >= 15 is 0 Å². The molecule has 5 aromatic rings. The molecule has 0 fully saturated rings. The van der Waals surface area contributed by atoms with Crippen molar-refractivity contribution in [1.82, 2.24) is 14.1 Å². The minimum absolute atomic E-state index is 0.00855. The van der Waals surface area contributed by atoms with Crippen molar-refractivity contribution < 1.29 is 9.59 Å². The van der Waals surface area contributed by atoms with Gasteiger partial charge in [-0.05, 0) is 42.0 Å². The first-order chi connectivity index (χ1) is 17.0. The number of carbonyl (C=O) groups is 2. The van der Waals surface area contributed by atoms with E-state index in [0.29, 0.717) is 5.82 Å². The van der Waals surface area contributed by atoms with Gasteiger partial charge in [-0.2, -0.15) is 0 Å². The largest absolute Gasteiger partial charge is 0.327 e. The van der Waals surface area contributed by atoms with E-state index in [1.165, 1.54) is 18.2 Å². The Kier molecular flexibility index (Phi) is 4.99. The molecule has 6 rings (SSSR count). The zero-order valence-corrected chi connectivity index (χ0v) is 20.0. The van der Waals surface area contributed by atoms with Crippen LogP contribution in [-0.2, 0) is 7.05 Å². The summed E-state index contributed by atoms with van der Waals surface area (Å²) in [4.78, 5) is 31.3. The Morgan fingerprint density at radius 3 is 1.97 bits per heavy atom. The molecular formula is C28H17Cl2N3O2. The number of fused-ring (bicyclic) bond motifs is 2. The molecule has 1 aliphatic carbocycles. The fourth-order valence-corrected chi connectivity index (χ4v) is 5.10. The summed E-state index contributed by atoms with van der Waals surface area (Å²) in [6, 6.07) is 24.9. The van der Waals surface area contributed by atoms with Crippen molar-refractivity contribution in [1.29, 1.82) is 0 Å². The lowest BCUT2D eigenvalue weighted by Gasteiger charge is -2.07. The average Bonchev–Trinajstić information content (AvgIpc) is 3.48. The molecule has 0 bridgehead atoms. The molecule has 2 heterocycles. The number of Topliss-reactive ketones (excluding diaryl/α,β-unsaturated/α-hetero) is 2. The highest BCUT2D eigenvalue weighted by Crippen LogP contribution is 2.38. The van der Waals surface area contributed by atoms with E-state index in [2.05, 4.69) is 6.07 Å². The molecule has 0 aliphatic heterocycles. The summed E-state index contributed by atoms with van der Waals surface area (Å²) < 4.78 is 3.95. The lowest BCUT2D eigenvalue weighted by molar-refractivity contribution is 0.0990. The molecule has 0 spiro atoms. The summed E-state index contributed by atoms with van der Waals surface area (Å²) in [5.41, 5.74) is 4.79. The summed E-state index contributed by atoms with van der Waals surface area (Å²) >= 11 is 12.5. The van der Waals surface area contributed by atoms with Crippen molar-refractivity contribution in [3.05, 3.63) is 111 Å². The first-order valence-corrected chi connectivity index (χ1v) is 11.7. The van der Waals surface area contributed by atoms with Crippen LogP contribution in [0.15, 0.2) is 84.4 Å². The molecule has 1 aliphatic rings. The van der Waals surface area contributed by atoms with Gasteiger partial charge >= 0.3 is 0 Å². The van der Waals surface area contributed by atoms with Gasteiger partial charge in [0, 0.05) is 12.7 Å². The SMILES string of the molecule is Cn1c(-c2ccccc2)cc2c1nc(C=C1C(=O)c3c(Cl)ccc(Cl)c3C1=O)n2-c1ccccc1. The van der Waals surface area contributed by atoms with E-state index in [1.54, 1.807) is 0 Å². The van der Waals surface area contributed by atoms with E-state index in [4.69, 9.17) is 28.2 Å². The first-order valence-electron chi connectivity index (χ1n) is 10.9. The fraction of sp³-hybridized carbons (Fsp3) is 0.0357. The van der Waals surface area contributed by atoms with E-state index in [0.717, 1.165) is 28.1 Å². The van der Waals surface area contributed by atoms with Crippen molar-refractivity contribution >= 4 is 52.0 Å². The number of rotatable bonds is 3. The van der Waals surface area contributed by atoms with Crippen LogP contribution in [0.2, 0.25) is 10.0 Å². The van der Waals surface area contributed by atoms with Gasteiger partial charge in [0.05, 0.1) is 38.0 Å². The molecule has 5 nitrogen and oxygen atoms in total. The topological polar surface area (TPSA) is 56.9 Å². The predicted molar refractivity (Wildman–Crippen MR) is 139 cm³/mol. The third-order valence-electron chi connectivity index (χ3n) is 6.28. The molecule has 2 aromatic heterocycles. The van der Waals surface area contributed by atoms with E-state index < -0.39 is 11.6 Å². The molecule has 7 heteroatoms. The maximum Gasteiger partial charge on any atom is 0.199 e. The predicted octanol–water partition coefficient (Wildman–Crippen LogP) is 6.80. The van der Waals surface area contributed by atoms with Crippen LogP contribution in [0.25, 0.3) is 34.2 Å². The fourth-order valence-electron chi connectivity index (χ4n) is 4.62. The van der Waals surface area contributed by atoms with Gasteiger partial charge in [0.1, 0.15) is 5.82 Å². The first kappa shape index (κ1) is 21.6. The lowest BCUT2D eigenvalue weighted by atomic mass is 10.1. The molecular weight excluding hydrogens is 481 g/mol. The second kappa shape index (κ2) is 8.08. The zero-order valence-electron chi connectivity index (χ0n) is 18.5. The number of aryl methyl sites for hydroxylation is 1. The molecule has 0 saturated carbocycles. The molecule has 35 heavy (non-hydrogen) atoms. The average molecular weight is 498 g/mol. The van der Waals surface area contributed by atoms with Crippen LogP contribution in [0.1, 0.15) is 26.5 Å². The number of allylic oxidation sites excluding steroid dienone is 1. The third kappa shape index (κ3) is 3.27. The number of para-hydroxylation sites is 1. The normalized spacial score (nSPS) is 13.1. The number of benzene rings is 3. The molecule has 3 aromatic carbocycles. The maximum absolute atomic E-state index is 13.2. The van der Waals surface area contributed by atoms with Crippen molar-refractivity contribution in [3.63, 3.8) is 0 Å². The van der Waals surface area contributed by atoms with Crippen molar-refractivity contribution in [2.45, 2.75) is 0 Å². The monoisotopic (exact) mass is 497 g/mol. The second-order valence-corrected chi connectivity index (χ2v) is 9.11. The van der Waals surface area contributed by atoms with Gasteiger partial charge in [-0.15, -0.1) is 0 Å². The lowest BCUT2D eigenvalue weighted by Crippen LogP contribution is -2.04. The van der Waals surface area contributed by atoms with Crippen LogP contribution in [0.4, 0.5) is 0 Å². The molecule has 170 valence electrons. The van der Waals surface area contributed by atoms with Crippen molar-refractivity contribution in [2.24, 2.45) is 7.05 Å². The number of hydrogen-bond donors (Lipinski definition) is 0. The maximum atomic E-state index is 13.2. The van der Waals surface area contributed by atoms with E-state index in [1.807, 2.05) is 76.8 Å². The third-order valence-corrected chi connectivity index (χ3v) is 6.91. The Morgan fingerprint density at radius 2 is 1.37 bits per heavy atom. The zero-order chi connectivity index (χ0) is 24.3. The Balaban J connectivity index is 1.59. The number of aromatic nitrogens is 3. The number of halogens is 2. The van der Waals surface area contributed by atoms with Crippen molar-refractivity contribution in [3.8, 4) is 16.9 Å². The Hall–Kier alpha value is -3.93. The van der Waals surface area contributed by atoms with E-state index in [-0.39, 0.29) is 26.7 Å². The molecule has 0 radical (unpaired) electrons. The van der Waals surface area contributed by atoms with Crippen LogP contribution < -0.4 is 0 Å². The molecule has 0 N–H and O–H groups in total. The number of carbonyl (C=O) groups excluding carboxylic acids is 2. The minimum atomic E-state index is -0.450. The van der Waals surface area contributed by atoms with Gasteiger partial charge < -0.3 is 4.57 Å².